The second-order valence-corrected chi connectivity index (χ2v) is 9.68. The molecule has 1 atom stereocenters. The molecular weight excluding hydrogens is 576 g/mol. The first-order valence-electron chi connectivity index (χ1n) is 12.1. The molecule has 3 aromatic rings. The SMILES string of the molecule is COC(=O)Oc1cccc(C(=O)N2COCC2C(=O)Nc2ccc([S-](=O)=Nc3nc(C)c(C)o3)cc2)c1OC(=O)OC. The van der Waals surface area contributed by atoms with Crippen molar-refractivity contribution in [2.24, 2.45) is 4.36 Å². The van der Waals surface area contributed by atoms with Crippen LogP contribution < -0.4 is 14.8 Å². The van der Waals surface area contributed by atoms with Crippen LogP contribution in [-0.2, 0) is 33.8 Å². The lowest BCUT2D eigenvalue weighted by molar-refractivity contribution is -0.119. The molecule has 222 valence electrons. The molecule has 0 radical (unpaired) electrons. The van der Waals surface area contributed by atoms with E-state index in [-0.39, 0.29) is 30.7 Å². The summed E-state index contributed by atoms with van der Waals surface area (Å²) in [5, 5.41) is 2.68. The van der Waals surface area contributed by atoms with Crippen LogP contribution in [0.4, 0.5) is 21.3 Å². The number of ether oxygens (including phenoxy) is 5. The van der Waals surface area contributed by atoms with Crippen molar-refractivity contribution >= 4 is 46.4 Å². The average molecular weight is 602 g/mol. The maximum absolute atomic E-state index is 13.5. The molecule has 15 nitrogen and oxygen atoms in total. The monoisotopic (exact) mass is 601 g/mol. The van der Waals surface area contributed by atoms with E-state index < -0.39 is 46.5 Å². The quantitative estimate of drug-likeness (QED) is 0.235. The molecule has 16 heteroatoms. The number of rotatable bonds is 7. The highest BCUT2D eigenvalue weighted by atomic mass is 32.2. The zero-order valence-electron chi connectivity index (χ0n) is 22.8. The molecule has 0 bridgehead atoms. The van der Waals surface area contributed by atoms with Gasteiger partial charge in [0.1, 0.15) is 18.5 Å². The van der Waals surface area contributed by atoms with Crippen molar-refractivity contribution in [1.29, 1.82) is 0 Å². The number of nitrogens with zero attached hydrogens (tertiary/aromatic N) is 3. The van der Waals surface area contributed by atoms with E-state index >= 15 is 0 Å². The lowest BCUT2D eigenvalue weighted by Crippen LogP contribution is -2.44. The van der Waals surface area contributed by atoms with E-state index in [2.05, 4.69) is 24.1 Å². The van der Waals surface area contributed by atoms with Crippen molar-refractivity contribution < 1.29 is 51.5 Å². The van der Waals surface area contributed by atoms with Crippen LogP contribution in [-0.4, -0.2) is 67.6 Å². The first kappa shape index (κ1) is 30.0. The van der Waals surface area contributed by atoms with Gasteiger partial charge in [0, 0.05) is 5.69 Å². The van der Waals surface area contributed by atoms with Crippen LogP contribution in [0.15, 0.2) is 56.1 Å². The van der Waals surface area contributed by atoms with E-state index in [1.807, 2.05) is 0 Å². The van der Waals surface area contributed by atoms with Gasteiger partial charge >= 0.3 is 12.3 Å². The molecule has 1 N–H and O–H groups in total. The van der Waals surface area contributed by atoms with E-state index in [0.29, 0.717) is 22.0 Å². The van der Waals surface area contributed by atoms with Gasteiger partial charge in [0.15, 0.2) is 11.5 Å². The van der Waals surface area contributed by atoms with Crippen LogP contribution in [0.1, 0.15) is 21.8 Å². The van der Waals surface area contributed by atoms with Crippen molar-refractivity contribution in [3.05, 3.63) is 59.5 Å². The van der Waals surface area contributed by atoms with Crippen LogP contribution >= 0.6 is 0 Å². The van der Waals surface area contributed by atoms with Gasteiger partial charge in [-0.1, -0.05) is 23.1 Å². The number of oxazole rings is 1. The van der Waals surface area contributed by atoms with Crippen molar-refractivity contribution in [1.82, 2.24) is 9.88 Å². The first-order valence-corrected chi connectivity index (χ1v) is 13.2. The van der Waals surface area contributed by atoms with Gasteiger partial charge < -0.3 is 46.9 Å². The van der Waals surface area contributed by atoms with Gasteiger partial charge in [0.25, 0.3) is 11.9 Å². The number of benzene rings is 2. The number of amides is 2. The predicted molar refractivity (Wildman–Crippen MR) is 143 cm³/mol. The van der Waals surface area contributed by atoms with Crippen LogP contribution in [0.2, 0.25) is 0 Å². The van der Waals surface area contributed by atoms with Crippen LogP contribution in [0, 0.1) is 13.8 Å². The Morgan fingerprint density at radius 1 is 1.02 bits per heavy atom. The molecule has 0 spiro atoms. The summed E-state index contributed by atoms with van der Waals surface area (Å²) in [7, 11) is 0.329. The van der Waals surface area contributed by atoms with Crippen LogP contribution in [0.25, 0.3) is 0 Å². The van der Waals surface area contributed by atoms with Gasteiger partial charge in [0.2, 0.25) is 5.91 Å². The highest BCUT2D eigenvalue weighted by molar-refractivity contribution is 7.75. The maximum atomic E-state index is 13.5. The van der Waals surface area contributed by atoms with E-state index in [1.54, 1.807) is 13.8 Å². The number of anilines is 1. The summed E-state index contributed by atoms with van der Waals surface area (Å²) in [5.41, 5.74) is 0.782. The van der Waals surface area contributed by atoms with E-state index in [4.69, 9.17) is 18.6 Å². The summed E-state index contributed by atoms with van der Waals surface area (Å²) in [4.78, 5) is 55.7. The molecule has 2 aromatic carbocycles. The molecule has 1 fully saturated rings. The molecule has 1 unspecified atom stereocenters. The predicted octanol–water partition coefficient (Wildman–Crippen LogP) is 3.86. The summed E-state index contributed by atoms with van der Waals surface area (Å²) in [5.74, 6) is -1.48. The molecule has 4 rings (SSSR count). The molecule has 1 aromatic heterocycles. The Hall–Kier alpha value is -4.96. The fraction of sp³-hybridized carbons (Fsp3) is 0.269. The number of para-hydroxylation sites is 1. The Kier molecular flexibility index (Phi) is 9.39. The second-order valence-electron chi connectivity index (χ2n) is 8.53. The highest BCUT2D eigenvalue weighted by Gasteiger charge is 2.37. The van der Waals surface area contributed by atoms with Crippen molar-refractivity contribution in [3.8, 4) is 11.5 Å². The second kappa shape index (κ2) is 13.1. The number of hydrogen-bond donors (Lipinski definition) is 1. The lowest BCUT2D eigenvalue weighted by atomic mass is 10.1. The van der Waals surface area contributed by atoms with Gasteiger partial charge in [-0.05, 0) is 38.1 Å². The zero-order chi connectivity index (χ0) is 30.4. The largest absolute Gasteiger partial charge is 0.513 e. The molecule has 0 saturated carbocycles. The number of nitrogens with one attached hydrogen (secondary N) is 1. The number of hydrogen-bond acceptors (Lipinski definition) is 14. The minimum absolute atomic E-state index is 0.00533. The minimum atomic E-state index is -1.80. The van der Waals surface area contributed by atoms with Gasteiger partial charge in [-0.2, -0.15) is 15.6 Å². The summed E-state index contributed by atoms with van der Waals surface area (Å²) in [6.45, 7) is 3.08. The van der Waals surface area contributed by atoms with Gasteiger partial charge in [-0.15, -0.1) is 0 Å². The number of aryl methyl sites for hydroxylation is 2. The topological polar surface area (TPSA) is 185 Å². The fourth-order valence-electron chi connectivity index (χ4n) is 3.64. The molecular formula is C26H25N4O11S-. The normalized spacial score (nSPS) is 15.1. The van der Waals surface area contributed by atoms with Crippen molar-refractivity contribution in [3.63, 3.8) is 0 Å². The van der Waals surface area contributed by atoms with Crippen molar-refractivity contribution in [2.45, 2.75) is 24.8 Å². The molecule has 42 heavy (non-hydrogen) atoms. The molecule has 1 aliphatic rings. The number of carbonyl (C=O) groups is 4. The van der Waals surface area contributed by atoms with Gasteiger partial charge in [0.05, 0.1) is 32.1 Å². The third kappa shape index (κ3) is 6.84. The number of methoxy groups -OCH3 is 2. The Balaban J connectivity index is 1.51. The van der Waals surface area contributed by atoms with Crippen LogP contribution in [0.3, 0.4) is 0 Å². The third-order valence-corrected chi connectivity index (χ3v) is 6.87. The molecule has 1 aliphatic heterocycles. The fourth-order valence-corrected chi connectivity index (χ4v) is 4.33. The maximum Gasteiger partial charge on any atom is 0.513 e. The summed E-state index contributed by atoms with van der Waals surface area (Å²) in [6, 6.07) is 8.93. The number of aromatic nitrogens is 1. The van der Waals surface area contributed by atoms with E-state index in [0.717, 1.165) is 19.1 Å². The highest BCUT2D eigenvalue weighted by Crippen LogP contribution is 2.34. The third-order valence-electron chi connectivity index (χ3n) is 5.87. The molecule has 2 amide bonds. The summed E-state index contributed by atoms with van der Waals surface area (Å²) < 4.78 is 46.3. The molecule has 1 saturated heterocycles. The first-order chi connectivity index (χ1) is 20.1. The van der Waals surface area contributed by atoms with Crippen LogP contribution in [0.5, 0.6) is 11.5 Å². The number of carbonyl (C=O) groups excluding carboxylic acids is 4. The van der Waals surface area contributed by atoms with Gasteiger partial charge in [-0.3, -0.25) is 9.59 Å². The Morgan fingerprint density at radius 2 is 1.71 bits per heavy atom. The minimum Gasteiger partial charge on any atom is -0.439 e. The zero-order valence-corrected chi connectivity index (χ0v) is 23.6. The Morgan fingerprint density at radius 3 is 2.36 bits per heavy atom. The van der Waals surface area contributed by atoms with Crippen molar-refractivity contribution in [2.75, 3.05) is 32.9 Å². The molecule has 0 aliphatic carbocycles. The standard InChI is InChI=1S/C26H25N4O11S/c1-14-15(2)39-24(27-14)29-42(35)17-10-8-16(9-11-17)28-22(31)19-12-38-13-30(19)23(32)18-6-5-7-20(40-25(33)36-3)21(18)41-26(34)37-4/h5-11,19H,12-13H2,1-4H3,(H,28,31)/q-1. The Bertz CT molecular complexity index is 1580. The Labute approximate surface area is 240 Å². The summed E-state index contributed by atoms with van der Waals surface area (Å²) >= 11 is 0. The van der Waals surface area contributed by atoms with E-state index in [1.165, 1.54) is 42.5 Å². The van der Waals surface area contributed by atoms with Gasteiger partial charge in [-0.25, -0.2) is 9.59 Å². The summed E-state index contributed by atoms with van der Waals surface area (Å²) in [6.07, 6.45) is -2.30. The molecule has 2 heterocycles. The lowest BCUT2D eigenvalue weighted by Gasteiger charge is -2.23. The average Bonchev–Trinajstić information content (AvgIpc) is 3.59. The van der Waals surface area contributed by atoms with E-state index in [9.17, 15) is 23.4 Å². The smallest absolute Gasteiger partial charge is 0.439 e.